The Hall–Kier alpha value is -1.85. The van der Waals surface area contributed by atoms with Crippen LogP contribution in [0.2, 0.25) is 0 Å². The first kappa shape index (κ1) is 14.2. The fourth-order valence-corrected chi connectivity index (χ4v) is 0.598. The van der Waals surface area contributed by atoms with Gasteiger partial charge in [0.2, 0.25) is 0 Å². The Kier molecular flexibility index (Phi) is 6.58. The number of hydrogen-bond acceptors (Lipinski definition) is 5. The van der Waals surface area contributed by atoms with Crippen molar-refractivity contribution >= 4 is 18.0 Å². The molecule has 0 aromatic carbocycles. The number of nitrogens with zero attached hydrogens (tertiary/aromatic N) is 1. The van der Waals surface area contributed by atoms with Crippen LogP contribution in [0.3, 0.4) is 0 Å². The van der Waals surface area contributed by atoms with Gasteiger partial charge in [-0.1, -0.05) is 6.92 Å². The highest BCUT2D eigenvalue weighted by Crippen LogP contribution is 1.90. The highest BCUT2D eigenvalue weighted by Gasteiger charge is 2.09. The average molecular weight is 229 g/mol. The molecule has 0 N–H and O–H groups in total. The molecule has 0 fully saturated rings. The van der Waals surface area contributed by atoms with E-state index in [-0.39, 0.29) is 6.61 Å². The van der Waals surface area contributed by atoms with Crippen LogP contribution >= 0.6 is 0 Å². The van der Waals surface area contributed by atoms with Crippen LogP contribution < -0.4 is 0 Å². The van der Waals surface area contributed by atoms with Gasteiger partial charge in [0.25, 0.3) is 0 Å². The molecule has 0 heterocycles. The molecule has 0 bridgehead atoms. The van der Waals surface area contributed by atoms with Crippen molar-refractivity contribution in [3.05, 3.63) is 12.2 Å². The average Bonchev–Trinajstić information content (AvgIpc) is 2.23. The summed E-state index contributed by atoms with van der Waals surface area (Å²) in [7, 11) is 2.88. The van der Waals surface area contributed by atoms with Gasteiger partial charge in [0, 0.05) is 26.2 Å². The monoisotopic (exact) mass is 229 g/mol. The number of rotatable bonds is 4. The van der Waals surface area contributed by atoms with Crippen molar-refractivity contribution in [3.8, 4) is 0 Å². The van der Waals surface area contributed by atoms with E-state index >= 15 is 0 Å². The summed E-state index contributed by atoms with van der Waals surface area (Å²) in [6, 6.07) is 0. The fourth-order valence-electron chi connectivity index (χ4n) is 0.598. The van der Waals surface area contributed by atoms with Gasteiger partial charge in [-0.25, -0.2) is 14.4 Å². The second-order valence-corrected chi connectivity index (χ2v) is 3.08. The smallest absolute Gasteiger partial charge is 0.417 e. The highest BCUT2D eigenvalue weighted by molar-refractivity contribution is 5.96. The minimum atomic E-state index is -0.910. The number of carbonyl (C=O) groups excluding carboxylic acids is 3. The quantitative estimate of drug-likeness (QED) is 0.403. The number of esters is 2. The van der Waals surface area contributed by atoms with Gasteiger partial charge in [-0.05, 0) is 6.42 Å². The molecule has 0 aromatic heterocycles. The zero-order valence-corrected chi connectivity index (χ0v) is 9.56. The molecule has 0 aromatic rings. The van der Waals surface area contributed by atoms with E-state index < -0.39 is 18.0 Å². The van der Waals surface area contributed by atoms with Crippen molar-refractivity contribution in [1.29, 1.82) is 0 Å². The van der Waals surface area contributed by atoms with E-state index in [0.717, 1.165) is 17.1 Å². The lowest BCUT2D eigenvalue weighted by atomic mass is 10.5. The third kappa shape index (κ3) is 6.58. The zero-order chi connectivity index (χ0) is 12.6. The Bertz CT molecular complexity index is 296. The number of ether oxygens (including phenoxy) is 2. The molecular formula is C10H15NO5. The molecule has 6 heteroatoms. The number of amides is 1. The van der Waals surface area contributed by atoms with Crippen LogP contribution in [0.15, 0.2) is 12.2 Å². The molecule has 0 aliphatic rings. The van der Waals surface area contributed by atoms with Gasteiger partial charge in [-0.15, -0.1) is 0 Å². The first-order chi connectivity index (χ1) is 7.47. The normalized spacial score (nSPS) is 9.94. The van der Waals surface area contributed by atoms with E-state index in [2.05, 4.69) is 9.47 Å². The molecule has 0 aliphatic carbocycles. The van der Waals surface area contributed by atoms with E-state index in [1.54, 1.807) is 0 Å². The summed E-state index contributed by atoms with van der Waals surface area (Å²) in [4.78, 5) is 33.9. The topological polar surface area (TPSA) is 72.9 Å². The van der Waals surface area contributed by atoms with Crippen LogP contribution in [0.4, 0.5) is 4.79 Å². The summed E-state index contributed by atoms with van der Waals surface area (Å²) in [5.41, 5.74) is 0. The van der Waals surface area contributed by atoms with Gasteiger partial charge in [0.1, 0.15) is 0 Å². The lowest BCUT2D eigenvalue weighted by Crippen LogP contribution is -2.24. The van der Waals surface area contributed by atoms with E-state index in [1.807, 2.05) is 6.92 Å². The van der Waals surface area contributed by atoms with Crippen LogP contribution in [-0.4, -0.2) is 43.6 Å². The SMILES string of the molecule is CCCOC(=O)/C=C/C(=O)OC(=O)N(C)C. The van der Waals surface area contributed by atoms with Gasteiger partial charge in [0.05, 0.1) is 6.61 Å². The van der Waals surface area contributed by atoms with E-state index in [9.17, 15) is 14.4 Å². The molecule has 0 atom stereocenters. The Balaban J connectivity index is 4.00. The predicted molar refractivity (Wildman–Crippen MR) is 55.6 cm³/mol. The molecule has 0 saturated heterocycles. The largest absolute Gasteiger partial charge is 0.463 e. The summed E-state index contributed by atoms with van der Waals surface area (Å²) >= 11 is 0. The third-order valence-corrected chi connectivity index (χ3v) is 1.36. The highest BCUT2D eigenvalue weighted by atomic mass is 16.6. The van der Waals surface area contributed by atoms with E-state index in [4.69, 9.17) is 0 Å². The van der Waals surface area contributed by atoms with Crippen molar-refractivity contribution in [2.24, 2.45) is 0 Å². The maximum atomic E-state index is 11.0. The summed E-state index contributed by atoms with van der Waals surface area (Å²) < 4.78 is 8.99. The van der Waals surface area contributed by atoms with Crippen molar-refractivity contribution in [2.75, 3.05) is 20.7 Å². The molecular weight excluding hydrogens is 214 g/mol. The van der Waals surface area contributed by atoms with Gasteiger partial charge in [0.15, 0.2) is 0 Å². The molecule has 0 radical (unpaired) electrons. The van der Waals surface area contributed by atoms with Gasteiger partial charge in [-0.2, -0.15) is 0 Å². The van der Waals surface area contributed by atoms with Gasteiger partial charge >= 0.3 is 18.0 Å². The van der Waals surface area contributed by atoms with Crippen LogP contribution in [-0.2, 0) is 19.1 Å². The Morgan fingerprint density at radius 2 is 1.69 bits per heavy atom. The van der Waals surface area contributed by atoms with Gasteiger partial charge < -0.3 is 14.4 Å². The molecule has 16 heavy (non-hydrogen) atoms. The van der Waals surface area contributed by atoms with Crippen molar-refractivity contribution < 1.29 is 23.9 Å². The minimum Gasteiger partial charge on any atom is -0.463 e. The molecule has 0 aliphatic heterocycles. The maximum absolute atomic E-state index is 11.0. The zero-order valence-electron chi connectivity index (χ0n) is 9.56. The number of carbonyl (C=O) groups is 3. The fraction of sp³-hybridized carbons (Fsp3) is 0.500. The predicted octanol–water partition coefficient (Wildman–Crippen LogP) is 0.721. The maximum Gasteiger partial charge on any atom is 0.417 e. The molecule has 6 nitrogen and oxygen atoms in total. The van der Waals surface area contributed by atoms with Crippen molar-refractivity contribution in [1.82, 2.24) is 4.90 Å². The summed E-state index contributed by atoms with van der Waals surface area (Å²) in [5.74, 6) is -1.55. The molecule has 1 amide bonds. The Labute approximate surface area is 93.8 Å². The molecule has 0 saturated carbocycles. The summed E-state index contributed by atoms with van der Waals surface area (Å²) in [5, 5.41) is 0. The standard InChI is InChI=1S/C10H15NO5/c1-4-7-15-8(12)5-6-9(13)16-10(14)11(2)3/h5-6H,4,7H2,1-3H3/b6-5+. The lowest BCUT2D eigenvalue weighted by Gasteiger charge is -2.07. The van der Waals surface area contributed by atoms with Crippen molar-refractivity contribution in [2.45, 2.75) is 13.3 Å². The van der Waals surface area contributed by atoms with E-state index in [1.165, 1.54) is 14.1 Å². The summed E-state index contributed by atoms with van der Waals surface area (Å²) in [6.07, 6.45) is 1.67. The third-order valence-electron chi connectivity index (χ3n) is 1.36. The first-order valence-electron chi connectivity index (χ1n) is 4.75. The second-order valence-electron chi connectivity index (χ2n) is 3.08. The minimum absolute atomic E-state index is 0.287. The second kappa shape index (κ2) is 7.44. The van der Waals surface area contributed by atoms with Crippen molar-refractivity contribution in [3.63, 3.8) is 0 Å². The van der Waals surface area contributed by atoms with Crippen LogP contribution in [0.25, 0.3) is 0 Å². The molecule has 0 rings (SSSR count). The van der Waals surface area contributed by atoms with Crippen LogP contribution in [0.1, 0.15) is 13.3 Å². The Morgan fingerprint density at radius 3 is 2.19 bits per heavy atom. The molecule has 0 unspecified atom stereocenters. The first-order valence-corrected chi connectivity index (χ1v) is 4.75. The van der Waals surface area contributed by atoms with Crippen LogP contribution in [0.5, 0.6) is 0 Å². The summed E-state index contributed by atoms with van der Waals surface area (Å²) in [6.45, 7) is 2.13. The number of hydrogen-bond donors (Lipinski definition) is 0. The molecule has 0 spiro atoms. The Morgan fingerprint density at radius 1 is 1.12 bits per heavy atom. The van der Waals surface area contributed by atoms with E-state index in [0.29, 0.717) is 6.42 Å². The van der Waals surface area contributed by atoms with Crippen LogP contribution in [0, 0.1) is 0 Å². The molecule has 90 valence electrons. The lowest BCUT2D eigenvalue weighted by molar-refractivity contribution is -0.138. The van der Waals surface area contributed by atoms with Gasteiger partial charge in [-0.3, -0.25) is 0 Å².